The summed E-state index contributed by atoms with van der Waals surface area (Å²) in [4.78, 5) is 25.3. The predicted octanol–water partition coefficient (Wildman–Crippen LogP) is 9.64. The number of aliphatic hydroxyl groups is 2. The van der Waals surface area contributed by atoms with Gasteiger partial charge in [0.2, 0.25) is 5.91 Å². The lowest BCUT2D eigenvalue weighted by Crippen LogP contribution is -2.46. The summed E-state index contributed by atoms with van der Waals surface area (Å²) in [5.74, 6) is -0.326. The summed E-state index contributed by atoms with van der Waals surface area (Å²) in [6, 6.07) is -0.894. The number of quaternary nitrogens is 1. The van der Waals surface area contributed by atoms with Gasteiger partial charge in [0.15, 0.2) is 0 Å². The van der Waals surface area contributed by atoms with Crippen LogP contribution in [0, 0.1) is 0 Å². The third-order valence-corrected chi connectivity index (χ3v) is 10.1. The minimum absolute atomic E-state index is 0.0243. The molecule has 0 bridgehead atoms. The summed E-state index contributed by atoms with van der Waals surface area (Å²) in [5, 5.41) is 24.1. The third kappa shape index (κ3) is 37.1. The van der Waals surface area contributed by atoms with Crippen molar-refractivity contribution in [2.24, 2.45) is 0 Å². The molecule has 0 spiro atoms. The number of carbonyl (C=O) groups is 1. The van der Waals surface area contributed by atoms with Crippen LogP contribution in [0.15, 0.2) is 48.6 Å². The van der Waals surface area contributed by atoms with Gasteiger partial charge in [-0.25, -0.2) is 0 Å². The number of unbranched alkanes of at least 4 members (excludes halogenated alkanes) is 15. The van der Waals surface area contributed by atoms with E-state index in [1.165, 1.54) is 83.5 Å². The highest BCUT2D eigenvalue weighted by Gasteiger charge is 2.24. The molecule has 10 heteroatoms. The third-order valence-electron chi connectivity index (χ3n) is 9.17. The number of nitrogens with one attached hydrogen (secondary N) is 1. The molecule has 0 heterocycles. The average Bonchev–Trinajstić information content (AvgIpc) is 3.09. The number of phosphoric acid groups is 1. The van der Waals surface area contributed by atoms with Gasteiger partial charge in [0, 0.05) is 6.42 Å². The van der Waals surface area contributed by atoms with Crippen LogP contribution in [-0.4, -0.2) is 79.8 Å². The summed E-state index contributed by atoms with van der Waals surface area (Å²) in [7, 11) is 1.18. The van der Waals surface area contributed by atoms with Crippen LogP contribution in [0.5, 0.6) is 0 Å². The number of aliphatic hydroxyl groups excluding tert-OH is 2. The Balaban J connectivity index is 4.64. The molecule has 0 radical (unpaired) electrons. The maximum atomic E-state index is 12.8. The molecule has 310 valence electrons. The van der Waals surface area contributed by atoms with Crippen LogP contribution in [0.1, 0.15) is 162 Å². The van der Waals surface area contributed by atoms with Gasteiger partial charge in [-0.2, -0.15) is 0 Å². The molecule has 9 nitrogen and oxygen atoms in total. The fraction of sp³-hybridized carbons (Fsp3) is 0.791. The van der Waals surface area contributed by atoms with Gasteiger partial charge in [-0.15, -0.1) is 0 Å². The van der Waals surface area contributed by atoms with Crippen molar-refractivity contribution in [3.63, 3.8) is 0 Å². The second-order valence-corrected chi connectivity index (χ2v) is 17.0. The molecule has 0 aliphatic heterocycles. The quantitative estimate of drug-likeness (QED) is 0.0189. The first kappa shape index (κ1) is 51.4. The summed E-state index contributed by atoms with van der Waals surface area (Å²) in [6.45, 7) is 4.51. The second-order valence-electron chi connectivity index (χ2n) is 15.5. The monoisotopic (exact) mass is 769 g/mol. The van der Waals surface area contributed by atoms with Gasteiger partial charge in [-0.05, 0) is 44.9 Å². The number of hydrogen-bond donors (Lipinski definition) is 3. The van der Waals surface area contributed by atoms with Crippen molar-refractivity contribution in [1.82, 2.24) is 5.32 Å². The fourth-order valence-electron chi connectivity index (χ4n) is 5.73. The molecule has 1 unspecified atom stereocenters. The van der Waals surface area contributed by atoms with Crippen molar-refractivity contribution >= 4 is 13.7 Å². The van der Waals surface area contributed by atoms with Crippen LogP contribution in [0.3, 0.4) is 0 Å². The Morgan fingerprint density at radius 3 is 1.87 bits per heavy atom. The zero-order valence-corrected chi connectivity index (χ0v) is 35.5. The largest absolute Gasteiger partial charge is 0.756 e. The van der Waals surface area contributed by atoms with E-state index in [1.54, 1.807) is 6.08 Å². The van der Waals surface area contributed by atoms with E-state index >= 15 is 0 Å². The minimum Gasteiger partial charge on any atom is -0.756 e. The second kappa shape index (κ2) is 34.9. The molecule has 0 saturated heterocycles. The first-order valence-electron chi connectivity index (χ1n) is 21.1. The molecule has 3 N–H and O–H groups in total. The summed E-state index contributed by atoms with van der Waals surface area (Å²) >= 11 is 0. The summed E-state index contributed by atoms with van der Waals surface area (Å²) in [6.07, 6.45) is 38.5. The molecule has 0 aromatic carbocycles. The fourth-order valence-corrected chi connectivity index (χ4v) is 6.45. The Morgan fingerprint density at radius 1 is 0.717 bits per heavy atom. The van der Waals surface area contributed by atoms with Gasteiger partial charge in [-0.3, -0.25) is 9.36 Å². The molecule has 0 aliphatic rings. The van der Waals surface area contributed by atoms with Crippen molar-refractivity contribution in [2.45, 2.75) is 180 Å². The van der Waals surface area contributed by atoms with E-state index in [2.05, 4.69) is 43.5 Å². The molecular weight excluding hydrogens is 687 g/mol. The highest BCUT2D eigenvalue weighted by molar-refractivity contribution is 7.45. The topological polar surface area (TPSA) is 128 Å². The number of nitrogens with zero attached hydrogens (tertiary/aromatic N) is 1. The molecule has 53 heavy (non-hydrogen) atoms. The Kier molecular flexibility index (Phi) is 33.8. The number of rotatable bonds is 37. The van der Waals surface area contributed by atoms with Gasteiger partial charge < -0.3 is 34.0 Å². The van der Waals surface area contributed by atoms with E-state index in [-0.39, 0.29) is 18.9 Å². The molecular formula is C43H81N2O7P. The van der Waals surface area contributed by atoms with E-state index in [4.69, 9.17) is 9.05 Å². The Morgan fingerprint density at radius 2 is 1.26 bits per heavy atom. The summed E-state index contributed by atoms with van der Waals surface area (Å²) < 4.78 is 23.1. The molecule has 0 aromatic heterocycles. The number of allylic oxidation sites excluding steroid dienone is 7. The molecule has 0 saturated carbocycles. The normalized spacial score (nSPS) is 15.5. The lowest BCUT2D eigenvalue weighted by Gasteiger charge is -2.30. The number of carbonyl (C=O) groups excluding carboxylic acids is 1. The van der Waals surface area contributed by atoms with Crippen molar-refractivity contribution < 1.29 is 38.0 Å². The van der Waals surface area contributed by atoms with Gasteiger partial charge in [0.05, 0.1) is 46.0 Å². The van der Waals surface area contributed by atoms with Crippen LogP contribution in [0.4, 0.5) is 0 Å². The van der Waals surface area contributed by atoms with Crippen LogP contribution >= 0.6 is 7.82 Å². The molecule has 1 amide bonds. The first-order valence-corrected chi connectivity index (χ1v) is 22.6. The molecule has 4 atom stereocenters. The van der Waals surface area contributed by atoms with Gasteiger partial charge in [-0.1, -0.05) is 159 Å². The maximum absolute atomic E-state index is 12.8. The Hall–Kier alpha value is -1.58. The smallest absolute Gasteiger partial charge is 0.268 e. The SMILES string of the molecule is CCCCC/C=C\C/C=C\C/C=C\C=C\[C@H](O)CCCC(=O)N[C@@H](COP(=O)([O-])OCC[N+](C)(C)C)[C@H](O)CCCCCCCCCCCCCCC. The number of likely N-dealkylation sites (N-methyl/N-ethyl adjacent to an activating group) is 1. The number of amides is 1. The Bertz CT molecular complexity index is 1020. The average molecular weight is 769 g/mol. The van der Waals surface area contributed by atoms with Gasteiger partial charge in [0.25, 0.3) is 7.82 Å². The molecule has 0 aromatic rings. The van der Waals surface area contributed by atoms with Crippen LogP contribution < -0.4 is 10.2 Å². The van der Waals surface area contributed by atoms with E-state index in [0.717, 1.165) is 38.5 Å². The zero-order chi connectivity index (χ0) is 39.5. The number of phosphoric ester groups is 1. The van der Waals surface area contributed by atoms with Crippen molar-refractivity contribution in [3.05, 3.63) is 48.6 Å². The highest BCUT2D eigenvalue weighted by atomic mass is 31.2. The van der Waals surface area contributed by atoms with E-state index < -0.39 is 32.7 Å². The van der Waals surface area contributed by atoms with Crippen molar-refractivity contribution in [3.8, 4) is 0 Å². The van der Waals surface area contributed by atoms with Gasteiger partial charge in [0.1, 0.15) is 13.2 Å². The van der Waals surface area contributed by atoms with Crippen LogP contribution in [0.2, 0.25) is 0 Å². The summed E-state index contributed by atoms with van der Waals surface area (Å²) in [5.41, 5.74) is 0. The molecule has 0 aliphatic carbocycles. The first-order chi connectivity index (χ1) is 25.4. The predicted molar refractivity (Wildman–Crippen MR) is 220 cm³/mol. The highest BCUT2D eigenvalue weighted by Crippen LogP contribution is 2.38. The van der Waals surface area contributed by atoms with E-state index in [0.29, 0.717) is 30.3 Å². The van der Waals surface area contributed by atoms with Crippen LogP contribution in [0.25, 0.3) is 0 Å². The lowest BCUT2D eigenvalue weighted by atomic mass is 10.0. The van der Waals surface area contributed by atoms with Crippen LogP contribution in [-0.2, 0) is 18.4 Å². The minimum atomic E-state index is -4.61. The zero-order valence-electron chi connectivity index (χ0n) is 34.6. The van der Waals surface area contributed by atoms with Crippen molar-refractivity contribution in [1.29, 1.82) is 0 Å². The van der Waals surface area contributed by atoms with Crippen molar-refractivity contribution in [2.75, 3.05) is 40.9 Å². The van der Waals surface area contributed by atoms with Gasteiger partial charge >= 0.3 is 0 Å². The number of hydrogen-bond acceptors (Lipinski definition) is 7. The van der Waals surface area contributed by atoms with E-state index in [9.17, 15) is 24.5 Å². The lowest BCUT2D eigenvalue weighted by molar-refractivity contribution is -0.870. The standard InChI is InChI=1S/C43H81N2O7P/c1-6-8-10-12-14-16-18-20-22-24-26-28-30-33-40(46)34-32-36-43(48)44-41(39-52-53(49,50)51-38-37-45(3,4)5)42(47)35-31-29-27-25-23-21-19-17-15-13-11-9-7-2/h14,16,20,22,26,28,30,33,40-42,46-47H,6-13,15,17-19,21,23-25,27,29,31-32,34-39H2,1-5H3,(H-,44,48,49,50)/b16-14-,22-20-,28-26-,33-30+/t40-,41-,42+/m0/s1. The van der Waals surface area contributed by atoms with E-state index in [1.807, 2.05) is 39.4 Å². The molecule has 0 fully saturated rings. The Labute approximate surface area is 325 Å². The maximum Gasteiger partial charge on any atom is 0.268 e. The molecule has 0 rings (SSSR count).